The lowest BCUT2D eigenvalue weighted by molar-refractivity contribution is 0.408. The van der Waals surface area contributed by atoms with Crippen LogP contribution in [-0.2, 0) is 0 Å². The molecule has 0 radical (unpaired) electrons. The predicted molar refractivity (Wildman–Crippen MR) is 52.7 cm³/mol. The van der Waals surface area contributed by atoms with E-state index in [2.05, 4.69) is 22.3 Å². The van der Waals surface area contributed by atoms with Gasteiger partial charge >= 0.3 is 0 Å². The van der Waals surface area contributed by atoms with Crippen LogP contribution in [0.3, 0.4) is 0 Å². The minimum atomic E-state index is 0.521. The van der Waals surface area contributed by atoms with Gasteiger partial charge in [0.05, 0.1) is 6.04 Å². The van der Waals surface area contributed by atoms with Gasteiger partial charge in [0.1, 0.15) is 12.7 Å². The third-order valence-electron chi connectivity index (χ3n) is 3.84. The van der Waals surface area contributed by atoms with Crippen molar-refractivity contribution in [2.75, 3.05) is 13.1 Å². The van der Waals surface area contributed by atoms with Crippen LogP contribution in [0.15, 0.2) is 12.7 Å². The Morgan fingerprint density at radius 3 is 3.07 bits per heavy atom. The van der Waals surface area contributed by atoms with E-state index in [1.54, 1.807) is 6.33 Å². The molecule has 76 valence electrons. The van der Waals surface area contributed by atoms with Crippen molar-refractivity contribution < 1.29 is 0 Å². The highest BCUT2D eigenvalue weighted by Crippen LogP contribution is 2.55. The lowest BCUT2D eigenvalue weighted by Crippen LogP contribution is -2.23. The molecule has 4 atom stereocenters. The summed E-state index contributed by atoms with van der Waals surface area (Å²) >= 11 is 0. The van der Waals surface area contributed by atoms with Gasteiger partial charge in [-0.3, -0.25) is 0 Å². The number of aromatic nitrogens is 3. The fourth-order valence-electron chi connectivity index (χ4n) is 3.03. The first-order valence-electron chi connectivity index (χ1n) is 5.43. The molecule has 2 aliphatic rings. The molecule has 4 heteroatoms. The summed E-state index contributed by atoms with van der Waals surface area (Å²) in [5.41, 5.74) is 0. The first kappa shape index (κ1) is 8.41. The van der Waals surface area contributed by atoms with E-state index in [-0.39, 0.29) is 0 Å². The summed E-state index contributed by atoms with van der Waals surface area (Å²) in [5, 5.41) is 7.68. The quantitative estimate of drug-likeness (QED) is 0.750. The maximum absolute atomic E-state index is 4.22. The monoisotopic (exact) mass is 192 g/mol. The number of hydrogen-bond donors (Lipinski definition) is 1. The summed E-state index contributed by atoms with van der Waals surface area (Å²) in [6, 6.07) is 0.521. The first-order valence-corrected chi connectivity index (χ1v) is 5.43. The second kappa shape index (κ2) is 3.05. The largest absolute Gasteiger partial charge is 0.316 e. The molecule has 2 fully saturated rings. The van der Waals surface area contributed by atoms with E-state index in [9.17, 15) is 0 Å². The maximum atomic E-state index is 4.22. The molecule has 3 rings (SSSR count). The molecule has 1 N–H and O–H groups in total. The Hall–Kier alpha value is -0.900. The van der Waals surface area contributed by atoms with Crippen molar-refractivity contribution in [3.8, 4) is 0 Å². The number of piperidine rings is 1. The SMILES string of the molecule is CC([C@H]1[C@@H]2CCNC[C@@H]21)n1cncn1. The highest BCUT2D eigenvalue weighted by molar-refractivity contribution is 5.03. The van der Waals surface area contributed by atoms with E-state index in [0.717, 1.165) is 17.8 Å². The first-order chi connectivity index (χ1) is 6.88. The van der Waals surface area contributed by atoms with Crippen molar-refractivity contribution in [1.29, 1.82) is 0 Å². The van der Waals surface area contributed by atoms with Gasteiger partial charge in [0.25, 0.3) is 0 Å². The number of nitrogens with one attached hydrogen (secondary N) is 1. The van der Waals surface area contributed by atoms with Crippen molar-refractivity contribution in [2.45, 2.75) is 19.4 Å². The van der Waals surface area contributed by atoms with Gasteiger partial charge in [0, 0.05) is 0 Å². The number of nitrogens with zero attached hydrogens (tertiary/aromatic N) is 3. The van der Waals surface area contributed by atoms with E-state index >= 15 is 0 Å². The number of rotatable bonds is 2. The Morgan fingerprint density at radius 1 is 1.50 bits per heavy atom. The summed E-state index contributed by atoms with van der Waals surface area (Å²) in [6.07, 6.45) is 4.80. The van der Waals surface area contributed by atoms with Gasteiger partial charge in [0.2, 0.25) is 0 Å². The van der Waals surface area contributed by atoms with Crippen molar-refractivity contribution in [3.63, 3.8) is 0 Å². The summed E-state index contributed by atoms with van der Waals surface area (Å²) in [5.74, 6) is 2.66. The lowest BCUT2D eigenvalue weighted by Gasteiger charge is -2.10. The molecule has 1 unspecified atom stereocenters. The minimum Gasteiger partial charge on any atom is -0.316 e. The van der Waals surface area contributed by atoms with Gasteiger partial charge in [-0.25, -0.2) is 9.67 Å². The van der Waals surface area contributed by atoms with E-state index in [1.165, 1.54) is 19.5 Å². The molecule has 1 aliphatic carbocycles. The van der Waals surface area contributed by atoms with Crippen LogP contribution < -0.4 is 5.32 Å². The molecule has 1 saturated heterocycles. The maximum Gasteiger partial charge on any atom is 0.137 e. The smallest absolute Gasteiger partial charge is 0.137 e. The topological polar surface area (TPSA) is 42.7 Å². The van der Waals surface area contributed by atoms with Crippen LogP contribution >= 0.6 is 0 Å². The molecule has 0 spiro atoms. The van der Waals surface area contributed by atoms with Crippen molar-refractivity contribution in [1.82, 2.24) is 20.1 Å². The molecule has 14 heavy (non-hydrogen) atoms. The number of hydrogen-bond acceptors (Lipinski definition) is 3. The molecular weight excluding hydrogens is 176 g/mol. The summed E-state index contributed by atoms with van der Waals surface area (Å²) < 4.78 is 2.00. The summed E-state index contributed by atoms with van der Waals surface area (Å²) in [6.45, 7) is 4.66. The Balaban J connectivity index is 1.72. The Bertz CT molecular complexity index is 296. The zero-order chi connectivity index (χ0) is 9.54. The van der Waals surface area contributed by atoms with E-state index < -0.39 is 0 Å². The number of fused-ring (bicyclic) bond motifs is 1. The zero-order valence-electron chi connectivity index (χ0n) is 8.43. The van der Waals surface area contributed by atoms with Gasteiger partial charge in [0.15, 0.2) is 0 Å². The van der Waals surface area contributed by atoms with Crippen molar-refractivity contribution in [3.05, 3.63) is 12.7 Å². The summed E-state index contributed by atoms with van der Waals surface area (Å²) in [4.78, 5) is 4.01. The van der Waals surface area contributed by atoms with Gasteiger partial charge in [-0.15, -0.1) is 0 Å². The Morgan fingerprint density at radius 2 is 2.43 bits per heavy atom. The standard InChI is InChI=1S/C10H16N4/c1-7(14-6-12-5-13-14)10-8-2-3-11-4-9(8)10/h5-11H,2-4H2,1H3/t7?,8-,9+,10+/m1/s1. The lowest BCUT2D eigenvalue weighted by atomic mass is 10.1. The highest BCUT2D eigenvalue weighted by Gasteiger charge is 2.53. The van der Waals surface area contributed by atoms with Gasteiger partial charge < -0.3 is 5.32 Å². The second-order valence-corrected chi connectivity index (χ2v) is 4.51. The summed E-state index contributed by atoms with van der Waals surface area (Å²) in [7, 11) is 0. The molecule has 0 bridgehead atoms. The third-order valence-corrected chi connectivity index (χ3v) is 3.84. The van der Waals surface area contributed by atoms with E-state index in [0.29, 0.717) is 6.04 Å². The fraction of sp³-hybridized carbons (Fsp3) is 0.800. The average molecular weight is 192 g/mol. The molecule has 4 nitrogen and oxygen atoms in total. The molecule has 1 saturated carbocycles. The van der Waals surface area contributed by atoms with Crippen LogP contribution in [0.4, 0.5) is 0 Å². The third kappa shape index (κ3) is 1.17. The highest BCUT2D eigenvalue weighted by atomic mass is 15.3. The van der Waals surface area contributed by atoms with Crippen molar-refractivity contribution >= 4 is 0 Å². The Kier molecular flexibility index (Phi) is 1.83. The normalized spacial score (nSPS) is 37.6. The molecule has 1 aromatic heterocycles. The molecule has 1 aliphatic heterocycles. The van der Waals surface area contributed by atoms with Crippen molar-refractivity contribution in [2.24, 2.45) is 17.8 Å². The zero-order valence-corrected chi connectivity index (χ0v) is 8.43. The van der Waals surface area contributed by atoms with E-state index in [1.807, 2.05) is 11.0 Å². The van der Waals surface area contributed by atoms with E-state index in [4.69, 9.17) is 0 Å². The van der Waals surface area contributed by atoms with Gasteiger partial charge in [-0.1, -0.05) is 0 Å². The molecule has 1 aromatic rings. The van der Waals surface area contributed by atoms with Crippen LogP contribution in [-0.4, -0.2) is 27.9 Å². The van der Waals surface area contributed by atoms with Gasteiger partial charge in [-0.2, -0.15) is 5.10 Å². The molecular formula is C10H16N4. The van der Waals surface area contributed by atoms with Crippen LogP contribution in [0.5, 0.6) is 0 Å². The van der Waals surface area contributed by atoms with Gasteiger partial charge in [-0.05, 0) is 44.2 Å². The molecule has 0 aromatic carbocycles. The molecule has 2 heterocycles. The van der Waals surface area contributed by atoms with Crippen LogP contribution in [0.25, 0.3) is 0 Å². The minimum absolute atomic E-state index is 0.521. The van der Waals surface area contributed by atoms with Crippen LogP contribution in [0.1, 0.15) is 19.4 Å². The Labute approximate surface area is 83.7 Å². The average Bonchev–Trinajstić information content (AvgIpc) is 2.70. The van der Waals surface area contributed by atoms with Crippen LogP contribution in [0.2, 0.25) is 0 Å². The molecule has 0 amide bonds. The second-order valence-electron chi connectivity index (χ2n) is 4.51. The fourth-order valence-corrected chi connectivity index (χ4v) is 3.03. The predicted octanol–water partition coefficient (Wildman–Crippen LogP) is 0.695. The van der Waals surface area contributed by atoms with Crippen LogP contribution in [0, 0.1) is 17.8 Å².